The lowest BCUT2D eigenvalue weighted by atomic mass is 10.1. The van der Waals surface area contributed by atoms with Crippen LogP contribution < -0.4 is 0 Å². The zero-order chi connectivity index (χ0) is 32.2. The van der Waals surface area contributed by atoms with E-state index in [0.717, 1.165) is 60.4 Å². The van der Waals surface area contributed by atoms with E-state index in [1.165, 1.54) is 0 Å². The fourth-order valence-electron chi connectivity index (χ4n) is 6.67. The summed E-state index contributed by atoms with van der Waals surface area (Å²) in [7, 11) is 0. The van der Waals surface area contributed by atoms with Gasteiger partial charge in [0.2, 0.25) is 5.95 Å². The van der Waals surface area contributed by atoms with Crippen LogP contribution in [-0.2, 0) is 0 Å². The lowest BCUT2D eigenvalue weighted by Gasteiger charge is -2.12. The van der Waals surface area contributed by atoms with Crippen LogP contribution in [-0.4, -0.2) is 24.1 Å². The molecule has 7 nitrogen and oxygen atoms in total. The van der Waals surface area contributed by atoms with Crippen molar-refractivity contribution >= 4 is 49.3 Å². The van der Waals surface area contributed by atoms with E-state index in [0.29, 0.717) is 28.8 Å². The Bertz CT molecular complexity index is 2700. The summed E-state index contributed by atoms with van der Waals surface area (Å²) in [6.07, 6.45) is 0. The molecule has 0 saturated heterocycles. The van der Waals surface area contributed by atoms with E-state index in [1.54, 1.807) is 24.3 Å². The molecule has 6 aromatic carbocycles. The molecule has 7 heteroatoms. The summed E-state index contributed by atoms with van der Waals surface area (Å²) in [6, 6.07) is 48.4. The molecule has 0 unspecified atom stereocenters. The largest absolute Gasteiger partial charge is 0.309 e. The molecule has 0 aliphatic carbocycles. The molecule has 0 saturated carbocycles. The molecular weight excluding hydrogens is 591 g/mol. The molecule has 0 bridgehead atoms. The van der Waals surface area contributed by atoms with E-state index in [4.69, 9.17) is 21.5 Å². The van der Waals surface area contributed by atoms with Gasteiger partial charge in [-0.15, -0.1) is 0 Å². The Kier molecular flexibility index (Phi) is 6.11. The van der Waals surface area contributed by atoms with Crippen molar-refractivity contribution in [2.24, 2.45) is 0 Å². The van der Waals surface area contributed by atoms with E-state index in [-0.39, 0.29) is 0 Å². The van der Waals surface area contributed by atoms with Gasteiger partial charge in [0.05, 0.1) is 40.3 Å². The van der Waals surface area contributed by atoms with Gasteiger partial charge in [-0.2, -0.15) is 15.2 Å². The van der Waals surface area contributed by atoms with Crippen molar-refractivity contribution in [3.05, 3.63) is 157 Å². The molecule has 0 N–H and O–H groups in total. The first-order chi connectivity index (χ1) is 23.7. The van der Waals surface area contributed by atoms with Gasteiger partial charge >= 0.3 is 0 Å². The van der Waals surface area contributed by atoms with Gasteiger partial charge < -0.3 is 4.57 Å². The molecule has 0 atom stereocenters. The topological polar surface area (TPSA) is 76.7 Å². The fraction of sp³-hybridized carbons (Fsp3) is 0. The Labute approximate surface area is 275 Å². The quantitative estimate of drug-likeness (QED) is 0.185. The third kappa shape index (κ3) is 4.16. The minimum absolute atomic E-state index is 0.476. The Morgan fingerprint density at radius 1 is 0.542 bits per heavy atom. The van der Waals surface area contributed by atoms with Gasteiger partial charge in [0.25, 0.3) is 0 Å². The summed E-state index contributed by atoms with van der Waals surface area (Å²) in [5.41, 5.74) is 7.89. The number of aromatic nitrogens is 5. The minimum Gasteiger partial charge on any atom is -0.309 e. The molecule has 3 aromatic heterocycles. The van der Waals surface area contributed by atoms with Crippen molar-refractivity contribution in [3.63, 3.8) is 0 Å². The molecule has 0 aliphatic heterocycles. The second-order valence-corrected chi connectivity index (χ2v) is 11.5. The standard InChI is InChI=1S/C41H23N7/c1-43-29-21-19-28(20-22-29)40-44-39(27-17-15-26(25-42)16-18-27)45-41(46-40)48-34-13-7-5-11-31(34)32-23-24-36-37(38(32)48)33-12-6-8-14-35(33)47(36)30-9-3-2-4-10-30/h2-24H. The van der Waals surface area contributed by atoms with Gasteiger partial charge in [0.1, 0.15) is 0 Å². The van der Waals surface area contributed by atoms with Gasteiger partial charge in [0.15, 0.2) is 17.3 Å². The summed E-state index contributed by atoms with van der Waals surface area (Å²) >= 11 is 0. The molecule has 0 amide bonds. The fourth-order valence-corrected chi connectivity index (χ4v) is 6.67. The maximum absolute atomic E-state index is 9.42. The highest BCUT2D eigenvalue weighted by molar-refractivity contribution is 6.26. The predicted octanol–water partition coefficient (Wildman–Crippen LogP) is 9.82. The van der Waals surface area contributed by atoms with Crippen LogP contribution in [0.1, 0.15) is 5.56 Å². The number of hydrogen-bond acceptors (Lipinski definition) is 4. The van der Waals surface area contributed by atoms with E-state index >= 15 is 0 Å². The van der Waals surface area contributed by atoms with E-state index in [2.05, 4.69) is 98.9 Å². The molecule has 0 spiro atoms. The lowest BCUT2D eigenvalue weighted by molar-refractivity contribution is 0.955. The summed E-state index contributed by atoms with van der Waals surface area (Å²) < 4.78 is 4.46. The van der Waals surface area contributed by atoms with Crippen LogP contribution in [0, 0.1) is 17.9 Å². The van der Waals surface area contributed by atoms with Crippen LogP contribution in [0.3, 0.4) is 0 Å². The van der Waals surface area contributed by atoms with Gasteiger partial charge in [-0.25, -0.2) is 9.83 Å². The highest BCUT2D eigenvalue weighted by atomic mass is 15.2. The highest BCUT2D eigenvalue weighted by Crippen LogP contribution is 2.41. The van der Waals surface area contributed by atoms with E-state index in [1.807, 2.05) is 36.4 Å². The van der Waals surface area contributed by atoms with Gasteiger partial charge in [-0.05, 0) is 54.6 Å². The molecule has 9 aromatic rings. The third-order valence-corrected chi connectivity index (χ3v) is 8.83. The molecule has 222 valence electrons. The molecule has 9 rings (SSSR count). The first kappa shape index (κ1) is 27.2. The summed E-state index contributed by atoms with van der Waals surface area (Å²) in [4.78, 5) is 18.7. The summed E-state index contributed by atoms with van der Waals surface area (Å²) in [6.45, 7) is 7.42. The number of benzene rings is 6. The Hall–Kier alpha value is -7.09. The van der Waals surface area contributed by atoms with Crippen molar-refractivity contribution in [2.75, 3.05) is 0 Å². The molecule has 3 heterocycles. The second-order valence-electron chi connectivity index (χ2n) is 11.5. The highest BCUT2D eigenvalue weighted by Gasteiger charge is 2.23. The normalized spacial score (nSPS) is 11.3. The maximum atomic E-state index is 9.42. The van der Waals surface area contributed by atoms with Crippen molar-refractivity contribution in [3.8, 4) is 40.5 Å². The van der Waals surface area contributed by atoms with Gasteiger partial charge in [-0.3, -0.25) is 4.57 Å². The van der Waals surface area contributed by atoms with Crippen LogP contribution >= 0.6 is 0 Å². The minimum atomic E-state index is 0.476. The number of nitriles is 1. The van der Waals surface area contributed by atoms with Crippen molar-refractivity contribution in [1.29, 1.82) is 5.26 Å². The molecule has 0 radical (unpaired) electrons. The number of para-hydroxylation sites is 3. The summed E-state index contributed by atoms with van der Waals surface area (Å²) in [5, 5.41) is 13.8. The Balaban J connectivity index is 1.42. The van der Waals surface area contributed by atoms with Crippen molar-refractivity contribution in [2.45, 2.75) is 0 Å². The van der Waals surface area contributed by atoms with Crippen LogP contribution in [0.15, 0.2) is 140 Å². The summed E-state index contributed by atoms with van der Waals surface area (Å²) in [5.74, 6) is 1.45. The average molecular weight is 614 g/mol. The molecule has 0 aliphatic rings. The number of hydrogen-bond donors (Lipinski definition) is 0. The first-order valence-electron chi connectivity index (χ1n) is 15.5. The van der Waals surface area contributed by atoms with E-state index in [9.17, 15) is 5.26 Å². The monoisotopic (exact) mass is 613 g/mol. The molecule has 0 fully saturated rings. The zero-order valence-corrected chi connectivity index (χ0v) is 25.4. The number of rotatable bonds is 4. The van der Waals surface area contributed by atoms with Gasteiger partial charge in [0, 0.05) is 38.4 Å². The Morgan fingerprint density at radius 3 is 1.81 bits per heavy atom. The molecule has 48 heavy (non-hydrogen) atoms. The third-order valence-electron chi connectivity index (χ3n) is 8.83. The number of fused-ring (bicyclic) bond motifs is 7. The zero-order valence-electron chi connectivity index (χ0n) is 25.4. The lowest BCUT2D eigenvalue weighted by Crippen LogP contribution is -2.06. The first-order valence-corrected chi connectivity index (χ1v) is 15.5. The van der Waals surface area contributed by atoms with Crippen LogP contribution in [0.5, 0.6) is 0 Å². The van der Waals surface area contributed by atoms with Crippen molar-refractivity contribution < 1.29 is 0 Å². The SMILES string of the molecule is [C-]#[N+]c1ccc(-c2nc(-c3ccc(C#N)cc3)nc(-n3c4ccccc4c4ccc5c(c6ccccc6n5-c5ccccc5)c43)n2)cc1. The maximum Gasteiger partial charge on any atom is 0.238 e. The average Bonchev–Trinajstić information content (AvgIpc) is 3.68. The number of nitrogens with zero attached hydrogens (tertiary/aromatic N) is 7. The second kappa shape index (κ2) is 10.8. The van der Waals surface area contributed by atoms with Crippen LogP contribution in [0.4, 0.5) is 5.69 Å². The van der Waals surface area contributed by atoms with Gasteiger partial charge in [-0.1, -0.05) is 84.9 Å². The van der Waals surface area contributed by atoms with Crippen LogP contribution in [0.2, 0.25) is 0 Å². The Morgan fingerprint density at radius 2 is 1.15 bits per heavy atom. The smallest absolute Gasteiger partial charge is 0.238 e. The van der Waals surface area contributed by atoms with Crippen molar-refractivity contribution in [1.82, 2.24) is 24.1 Å². The molecular formula is C41H23N7. The van der Waals surface area contributed by atoms with E-state index < -0.39 is 0 Å². The predicted molar refractivity (Wildman–Crippen MR) is 190 cm³/mol. The van der Waals surface area contributed by atoms with Crippen LogP contribution in [0.25, 0.3) is 82.9 Å².